The lowest BCUT2D eigenvalue weighted by Crippen LogP contribution is -2.48. The van der Waals surface area contributed by atoms with E-state index in [0.29, 0.717) is 6.61 Å². The lowest BCUT2D eigenvalue weighted by molar-refractivity contribution is -0.870. The van der Waals surface area contributed by atoms with Crippen LogP contribution in [0.15, 0.2) is 0 Å². The van der Waals surface area contributed by atoms with Crippen LogP contribution in [-0.2, 0) is 14.3 Å². The fourth-order valence-electron chi connectivity index (χ4n) is 3.66. The zero-order chi connectivity index (χ0) is 14.9. The molecule has 0 radical (unpaired) electrons. The molecule has 1 N–H and O–H groups in total. The van der Waals surface area contributed by atoms with Gasteiger partial charge in [-0.15, -0.1) is 0 Å². The molecule has 0 amide bonds. The van der Waals surface area contributed by atoms with Gasteiger partial charge in [0.2, 0.25) is 0 Å². The SMILES string of the molecule is C[N+](C)(C)CCOC(=O)C1C2CCC(CC2)C1C(=O)O. The predicted octanol–water partition coefficient (Wildman–Crippen LogP) is 1.37. The number of carbonyl (C=O) groups excluding carboxylic acids is 1. The first-order valence-electron chi connectivity index (χ1n) is 7.49. The summed E-state index contributed by atoms with van der Waals surface area (Å²) in [4.78, 5) is 23.8. The van der Waals surface area contributed by atoms with Crippen molar-refractivity contribution in [3.8, 4) is 0 Å². The Kier molecular flexibility index (Phi) is 4.37. The minimum Gasteiger partial charge on any atom is -0.481 e. The van der Waals surface area contributed by atoms with Gasteiger partial charge in [0.25, 0.3) is 0 Å². The molecule has 0 aromatic carbocycles. The molecule has 2 bridgehead atoms. The van der Waals surface area contributed by atoms with E-state index >= 15 is 0 Å². The van der Waals surface area contributed by atoms with Crippen molar-refractivity contribution >= 4 is 11.9 Å². The second-order valence-electron chi connectivity index (χ2n) is 7.25. The van der Waals surface area contributed by atoms with Gasteiger partial charge in [0, 0.05) is 0 Å². The minimum absolute atomic E-state index is 0.161. The van der Waals surface area contributed by atoms with E-state index in [2.05, 4.69) is 0 Å². The first-order valence-corrected chi connectivity index (χ1v) is 7.49. The standard InChI is InChI=1S/C15H25NO4/c1-16(2,3)8-9-20-15(19)13-11-6-4-10(5-7-11)12(13)14(17)18/h10-13H,4-9H2,1-3H3/p+1. The third-order valence-corrected chi connectivity index (χ3v) is 4.78. The van der Waals surface area contributed by atoms with Gasteiger partial charge in [-0.25, -0.2) is 0 Å². The molecule has 0 heterocycles. The number of esters is 1. The summed E-state index contributed by atoms with van der Waals surface area (Å²) in [7, 11) is 6.11. The van der Waals surface area contributed by atoms with Crippen LogP contribution in [0.4, 0.5) is 0 Å². The highest BCUT2D eigenvalue weighted by Crippen LogP contribution is 2.49. The molecule has 0 aromatic heterocycles. The number of carboxylic acids is 1. The van der Waals surface area contributed by atoms with Crippen molar-refractivity contribution in [2.75, 3.05) is 34.3 Å². The molecule has 5 heteroatoms. The Morgan fingerprint density at radius 1 is 1.05 bits per heavy atom. The third-order valence-electron chi connectivity index (χ3n) is 4.78. The number of hydrogen-bond donors (Lipinski definition) is 1. The van der Waals surface area contributed by atoms with Crippen LogP contribution in [0.1, 0.15) is 25.7 Å². The molecule has 3 aliphatic carbocycles. The molecular formula is C15H26NO4+. The summed E-state index contributed by atoms with van der Waals surface area (Å²) in [6, 6.07) is 0. The highest BCUT2D eigenvalue weighted by Gasteiger charge is 2.51. The molecule has 114 valence electrons. The number of fused-ring (bicyclic) bond motifs is 3. The Morgan fingerprint density at radius 2 is 1.55 bits per heavy atom. The summed E-state index contributed by atoms with van der Waals surface area (Å²) in [5.74, 6) is -1.70. The summed E-state index contributed by atoms with van der Waals surface area (Å²) in [5.41, 5.74) is 0. The van der Waals surface area contributed by atoms with Crippen LogP contribution >= 0.6 is 0 Å². The Morgan fingerprint density at radius 3 is 2.00 bits per heavy atom. The number of nitrogens with zero attached hydrogens (tertiary/aromatic N) is 1. The van der Waals surface area contributed by atoms with Crippen LogP contribution in [0.2, 0.25) is 0 Å². The lowest BCUT2D eigenvalue weighted by Gasteiger charge is -2.45. The monoisotopic (exact) mass is 284 g/mol. The first-order chi connectivity index (χ1) is 9.29. The average molecular weight is 284 g/mol. The average Bonchev–Trinajstić information content (AvgIpc) is 2.37. The van der Waals surface area contributed by atoms with Crippen molar-refractivity contribution < 1.29 is 23.9 Å². The zero-order valence-electron chi connectivity index (χ0n) is 12.7. The van der Waals surface area contributed by atoms with Crippen LogP contribution in [-0.4, -0.2) is 55.8 Å². The second-order valence-corrected chi connectivity index (χ2v) is 7.25. The molecule has 2 atom stereocenters. The number of ether oxygens (including phenoxy) is 1. The smallest absolute Gasteiger partial charge is 0.310 e. The Balaban J connectivity index is 1.98. The van der Waals surface area contributed by atoms with Gasteiger partial charge in [0.05, 0.1) is 33.0 Å². The fourth-order valence-corrected chi connectivity index (χ4v) is 3.66. The molecule has 0 spiro atoms. The normalized spacial score (nSPS) is 33.0. The van der Waals surface area contributed by atoms with Crippen molar-refractivity contribution in [1.29, 1.82) is 0 Å². The molecule has 3 saturated carbocycles. The van der Waals surface area contributed by atoms with Crippen molar-refractivity contribution in [2.24, 2.45) is 23.7 Å². The number of carbonyl (C=O) groups is 2. The van der Waals surface area contributed by atoms with E-state index < -0.39 is 17.8 Å². The van der Waals surface area contributed by atoms with Gasteiger partial charge in [-0.05, 0) is 37.5 Å². The Bertz CT molecular complexity index is 380. The summed E-state index contributed by atoms with van der Waals surface area (Å²) >= 11 is 0. The van der Waals surface area contributed by atoms with E-state index in [1.54, 1.807) is 0 Å². The Labute approximate surface area is 120 Å². The number of rotatable bonds is 5. The first kappa shape index (κ1) is 15.3. The van der Waals surface area contributed by atoms with Crippen molar-refractivity contribution in [3.05, 3.63) is 0 Å². The number of carboxylic acid groups (broad SMARTS) is 1. The molecule has 20 heavy (non-hydrogen) atoms. The van der Waals surface area contributed by atoms with Crippen LogP contribution in [0.5, 0.6) is 0 Å². The summed E-state index contributed by atoms with van der Waals surface area (Å²) in [6.45, 7) is 1.10. The molecule has 0 saturated heterocycles. The van der Waals surface area contributed by atoms with Gasteiger partial charge in [0.1, 0.15) is 13.2 Å². The number of likely N-dealkylation sites (N-methyl/N-ethyl adjacent to an activating group) is 1. The molecule has 0 aromatic rings. The lowest BCUT2D eigenvalue weighted by atomic mass is 9.58. The van der Waals surface area contributed by atoms with E-state index in [-0.39, 0.29) is 17.8 Å². The second kappa shape index (κ2) is 5.72. The van der Waals surface area contributed by atoms with Crippen LogP contribution in [0, 0.1) is 23.7 Å². The molecule has 5 nitrogen and oxygen atoms in total. The molecular weight excluding hydrogens is 258 g/mol. The summed E-state index contributed by atoms with van der Waals surface area (Å²) < 4.78 is 6.10. The van der Waals surface area contributed by atoms with E-state index in [4.69, 9.17) is 4.74 Å². The summed E-state index contributed by atoms with van der Waals surface area (Å²) in [6.07, 6.45) is 3.85. The van der Waals surface area contributed by atoms with Gasteiger partial charge in [-0.2, -0.15) is 0 Å². The third kappa shape index (κ3) is 3.32. The van der Waals surface area contributed by atoms with Gasteiger partial charge in [-0.3, -0.25) is 9.59 Å². The highest BCUT2D eigenvalue weighted by atomic mass is 16.5. The molecule has 3 aliphatic rings. The maximum Gasteiger partial charge on any atom is 0.310 e. The van der Waals surface area contributed by atoms with Crippen molar-refractivity contribution in [3.63, 3.8) is 0 Å². The maximum absolute atomic E-state index is 12.3. The van der Waals surface area contributed by atoms with Crippen molar-refractivity contribution in [1.82, 2.24) is 0 Å². The minimum atomic E-state index is -0.826. The van der Waals surface area contributed by atoms with Gasteiger partial charge in [-0.1, -0.05) is 0 Å². The van der Waals surface area contributed by atoms with Gasteiger partial charge >= 0.3 is 11.9 Å². The van der Waals surface area contributed by atoms with Crippen LogP contribution < -0.4 is 0 Å². The van der Waals surface area contributed by atoms with E-state index in [9.17, 15) is 14.7 Å². The van der Waals surface area contributed by atoms with Gasteiger partial charge < -0.3 is 14.3 Å². The fraction of sp³-hybridized carbons (Fsp3) is 0.867. The zero-order valence-corrected chi connectivity index (χ0v) is 12.7. The number of quaternary nitrogens is 1. The molecule has 2 unspecified atom stereocenters. The predicted molar refractivity (Wildman–Crippen MR) is 73.9 cm³/mol. The number of hydrogen-bond acceptors (Lipinski definition) is 3. The van der Waals surface area contributed by atoms with E-state index in [1.807, 2.05) is 21.1 Å². The van der Waals surface area contributed by atoms with Gasteiger partial charge in [0.15, 0.2) is 0 Å². The van der Waals surface area contributed by atoms with Crippen LogP contribution in [0.3, 0.4) is 0 Å². The van der Waals surface area contributed by atoms with Crippen LogP contribution in [0.25, 0.3) is 0 Å². The van der Waals surface area contributed by atoms with E-state index in [0.717, 1.165) is 36.7 Å². The molecule has 3 rings (SSSR count). The van der Waals surface area contributed by atoms with E-state index in [1.165, 1.54) is 0 Å². The van der Waals surface area contributed by atoms with Crippen molar-refractivity contribution in [2.45, 2.75) is 25.7 Å². The number of aliphatic carboxylic acids is 1. The topological polar surface area (TPSA) is 63.6 Å². The quantitative estimate of drug-likeness (QED) is 0.612. The Hall–Kier alpha value is -1.10. The molecule has 0 aliphatic heterocycles. The highest BCUT2D eigenvalue weighted by molar-refractivity contribution is 5.82. The largest absolute Gasteiger partial charge is 0.481 e. The maximum atomic E-state index is 12.3. The molecule has 3 fully saturated rings. The summed E-state index contributed by atoms with van der Waals surface area (Å²) in [5, 5.41) is 9.42.